The third-order valence-electron chi connectivity index (χ3n) is 5.30. The molecule has 1 aliphatic rings. The molecule has 0 unspecified atom stereocenters. The number of fused-ring (bicyclic) bond motifs is 1. The summed E-state index contributed by atoms with van der Waals surface area (Å²) in [6.45, 7) is -0.0856. The zero-order valence-corrected chi connectivity index (χ0v) is 19.8. The van der Waals surface area contributed by atoms with Gasteiger partial charge in [0.05, 0.1) is 19.9 Å². The van der Waals surface area contributed by atoms with Gasteiger partial charge in [0.25, 0.3) is 0 Å². The van der Waals surface area contributed by atoms with E-state index in [1.165, 1.54) is 0 Å². The molecule has 0 radical (unpaired) electrons. The topological polar surface area (TPSA) is 67.9 Å². The van der Waals surface area contributed by atoms with Gasteiger partial charge in [-0.3, -0.25) is 9.59 Å². The van der Waals surface area contributed by atoms with Gasteiger partial charge in [-0.2, -0.15) is 0 Å². The number of rotatable bonds is 6. The Morgan fingerprint density at radius 2 is 1.79 bits per heavy atom. The summed E-state index contributed by atoms with van der Waals surface area (Å²) in [6, 6.07) is 20.2. The summed E-state index contributed by atoms with van der Waals surface area (Å²) in [5, 5.41) is 3.28. The normalized spacial score (nSPS) is 15.4. The van der Waals surface area contributed by atoms with Crippen LogP contribution in [0.2, 0.25) is 5.02 Å². The fraction of sp³-hybridized carbons (Fsp3) is 0.200. The van der Waals surface area contributed by atoms with Gasteiger partial charge in [0.2, 0.25) is 11.8 Å². The molecule has 1 heterocycles. The predicted molar refractivity (Wildman–Crippen MR) is 132 cm³/mol. The van der Waals surface area contributed by atoms with Gasteiger partial charge in [-0.1, -0.05) is 29.8 Å². The first-order valence-electron chi connectivity index (χ1n) is 10.3. The number of hydrogen-bond acceptors (Lipinski definition) is 5. The molecule has 4 rings (SSSR count). The lowest BCUT2D eigenvalue weighted by molar-refractivity contribution is -0.121. The Hall–Kier alpha value is -3.16. The summed E-state index contributed by atoms with van der Waals surface area (Å²) in [4.78, 5) is 28.6. The fourth-order valence-electron chi connectivity index (χ4n) is 3.67. The van der Waals surface area contributed by atoms with Gasteiger partial charge in [-0.25, -0.2) is 0 Å². The summed E-state index contributed by atoms with van der Waals surface area (Å²) >= 11 is 7.51. The minimum atomic E-state index is -0.282. The fourth-order valence-corrected chi connectivity index (χ4v) is 5.06. The molecule has 3 aromatic rings. The van der Waals surface area contributed by atoms with Gasteiger partial charge in [0.1, 0.15) is 6.54 Å². The van der Waals surface area contributed by atoms with Gasteiger partial charge >= 0.3 is 0 Å². The summed E-state index contributed by atoms with van der Waals surface area (Å²) in [5.74, 6) is 0.834. The third kappa shape index (κ3) is 5.26. The SMILES string of the molecule is COc1ccc([C@H]2CC(=O)N(CC(=O)Nc3ccc(Cl)cc3)c3ccccc3S2)cc1OC. The number of nitrogens with zero attached hydrogens (tertiary/aromatic N) is 1. The highest BCUT2D eigenvalue weighted by atomic mass is 35.5. The first kappa shape index (κ1) is 23.0. The van der Waals surface area contributed by atoms with Crippen LogP contribution in [0.4, 0.5) is 11.4 Å². The lowest BCUT2D eigenvalue weighted by Gasteiger charge is -2.22. The Kier molecular flexibility index (Phi) is 7.11. The first-order chi connectivity index (χ1) is 16.0. The second-order valence-corrected chi connectivity index (χ2v) is 9.11. The molecule has 0 saturated carbocycles. The molecule has 1 N–H and O–H groups in total. The average Bonchev–Trinajstić information content (AvgIpc) is 2.96. The van der Waals surface area contributed by atoms with Crippen LogP contribution in [-0.2, 0) is 9.59 Å². The van der Waals surface area contributed by atoms with Gasteiger partial charge in [-0.05, 0) is 54.1 Å². The smallest absolute Gasteiger partial charge is 0.244 e. The highest BCUT2D eigenvalue weighted by Crippen LogP contribution is 2.46. The molecule has 0 aliphatic carbocycles. The monoisotopic (exact) mass is 482 g/mol. The molecule has 2 amide bonds. The van der Waals surface area contributed by atoms with Crippen molar-refractivity contribution in [3.8, 4) is 11.5 Å². The summed E-state index contributed by atoms with van der Waals surface area (Å²) in [6.07, 6.45) is 0.239. The third-order valence-corrected chi connectivity index (χ3v) is 6.87. The lowest BCUT2D eigenvalue weighted by atomic mass is 10.1. The lowest BCUT2D eigenvalue weighted by Crippen LogP contribution is -2.38. The van der Waals surface area contributed by atoms with Crippen LogP contribution in [0, 0.1) is 0 Å². The van der Waals surface area contributed by atoms with Gasteiger partial charge < -0.3 is 19.7 Å². The van der Waals surface area contributed by atoms with E-state index in [4.69, 9.17) is 21.1 Å². The Bertz CT molecular complexity index is 1170. The van der Waals surface area contributed by atoms with Crippen molar-refractivity contribution in [3.05, 3.63) is 77.3 Å². The molecule has 8 heteroatoms. The molecule has 0 aromatic heterocycles. The summed E-state index contributed by atoms with van der Waals surface area (Å²) < 4.78 is 10.8. The van der Waals surface area contributed by atoms with Crippen LogP contribution in [0.15, 0.2) is 71.6 Å². The Labute approximate surface area is 201 Å². The maximum absolute atomic E-state index is 13.3. The van der Waals surface area contributed by atoms with Crippen molar-refractivity contribution in [2.24, 2.45) is 0 Å². The number of carbonyl (C=O) groups excluding carboxylic acids is 2. The number of amides is 2. The molecule has 1 atom stereocenters. The number of thioether (sulfide) groups is 1. The Morgan fingerprint density at radius 3 is 2.52 bits per heavy atom. The van der Waals surface area contributed by atoms with Crippen LogP contribution in [0.3, 0.4) is 0 Å². The van der Waals surface area contributed by atoms with Gasteiger partial charge in [0, 0.05) is 27.3 Å². The van der Waals surface area contributed by atoms with Gasteiger partial charge in [-0.15, -0.1) is 11.8 Å². The zero-order valence-electron chi connectivity index (χ0n) is 18.2. The number of methoxy groups -OCH3 is 2. The van der Waals surface area contributed by atoms with Crippen molar-refractivity contribution < 1.29 is 19.1 Å². The number of ether oxygens (including phenoxy) is 2. The van der Waals surface area contributed by atoms with E-state index in [-0.39, 0.29) is 30.0 Å². The average molecular weight is 483 g/mol. The van der Waals surface area contributed by atoms with Crippen molar-refractivity contribution in [2.45, 2.75) is 16.6 Å². The van der Waals surface area contributed by atoms with Crippen molar-refractivity contribution in [3.63, 3.8) is 0 Å². The van der Waals surface area contributed by atoms with Crippen LogP contribution in [0.25, 0.3) is 0 Å². The van der Waals surface area contributed by atoms with E-state index in [0.29, 0.717) is 22.2 Å². The predicted octanol–water partition coefficient (Wildman–Crippen LogP) is 5.57. The van der Waals surface area contributed by atoms with Gasteiger partial charge in [0.15, 0.2) is 11.5 Å². The molecule has 0 spiro atoms. The van der Waals surface area contributed by atoms with E-state index in [1.54, 1.807) is 55.1 Å². The molecule has 0 fully saturated rings. The van der Waals surface area contributed by atoms with E-state index < -0.39 is 0 Å². The molecular formula is C25H23ClN2O4S. The Balaban J connectivity index is 1.59. The van der Waals surface area contributed by atoms with Crippen molar-refractivity contribution >= 4 is 46.6 Å². The van der Waals surface area contributed by atoms with Crippen LogP contribution < -0.4 is 19.7 Å². The minimum Gasteiger partial charge on any atom is -0.493 e. The van der Waals surface area contributed by atoms with Crippen LogP contribution in [-0.4, -0.2) is 32.6 Å². The highest BCUT2D eigenvalue weighted by molar-refractivity contribution is 7.99. The molecule has 3 aromatic carbocycles. The van der Waals surface area contributed by atoms with Crippen LogP contribution in [0.5, 0.6) is 11.5 Å². The van der Waals surface area contributed by atoms with Crippen molar-refractivity contribution in [1.82, 2.24) is 0 Å². The quantitative estimate of drug-likeness (QED) is 0.497. The molecule has 6 nitrogen and oxygen atoms in total. The standard InChI is InChI=1S/C25H23ClN2O4S/c1-31-20-12-7-16(13-21(20)32-2)23-14-25(30)28(19-5-3-4-6-22(19)33-23)15-24(29)27-18-10-8-17(26)9-11-18/h3-13,23H,14-15H2,1-2H3,(H,27,29)/t23-/m1/s1. The van der Waals surface area contributed by atoms with E-state index in [2.05, 4.69) is 5.32 Å². The molecule has 1 aliphatic heterocycles. The molecule has 0 saturated heterocycles. The minimum absolute atomic E-state index is 0.0856. The zero-order chi connectivity index (χ0) is 23.4. The van der Waals surface area contributed by atoms with Crippen molar-refractivity contribution in [2.75, 3.05) is 31.0 Å². The second-order valence-electron chi connectivity index (χ2n) is 7.43. The van der Waals surface area contributed by atoms with Crippen LogP contribution >= 0.6 is 23.4 Å². The first-order valence-corrected chi connectivity index (χ1v) is 11.6. The highest BCUT2D eigenvalue weighted by Gasteiger charge is 2.30. The number of halogens is 1. The van der Waals surface area contributed by atoms with Crippen molar-refractivity contribution in [1.29, 1.82) is 0 Å². The number of para-hydroxylation sites is 1. The largest absolute Gasteiger partial charge is 0.493 e. The maximum atomic E-state index is 13.3. The summed E-state index contributed by atoms with van der Waals surface area (Å²) in [5.41, 5.74) is 2.30. The van der Waals surface area contributed by atoms with E-state index in [0.717, 1.165) is 16.1 Å². The van der Waals surface area contributed by atoms with E-state index in [1.807, 2.05) is 42.5 Å². The number of anilines is 2. The second kappa shape index (κ2) is 10.2. The number of hydrogen-bond donors (Lipinski definition) is 1. The maximum Gasteiger partial charge on any atom is 0.244 e. The molecule has 33 heavy (non-hydrogen) atoms. The number of carbonyl (C=O) groups is 2. The number of nitrogens with one attached hydrogen (secondary N) is 1. The van der Waals surface area contributed by atoms with Crippen LogP contribution in [0.1, 0.15) is 17.2 Å². The van der Waals surface area contributed by atoms with E-state index >= 15 is 0 Å². The number of benzene rings is 3. The summed E-state index contributed by atoms with van der Waals surface area (Å²) in [7, 11) is 3.17. The molecule has 170 valence electrons. The Morgan fingerprint density at radius 1 is 1.06 bits per heavy atom. The molecular weight excluding hydrogens is 460 g/mol. The van der Waals surface area contributed by atoms with E-state index in [9.17, 15) is 9.59 Å². The molecule has 0 bridgehead atoms.